The molecule has 3 aromatic rings. The average molecular weight is 402 g/mol. The summed E-state index contributed by atoms with van der Waals surface area (Å²) in [6.07, 6.45) is 2.11. The first-order valence-corrected chi connectivity index (χ1v) is 9.41. The van der Waals surface area contributed by atoms with Crippen molar-refractivity contribution in [2.24, 2.45) is 5.10 Å². The van der Waals surface area contributed by atoms with Gasteiger partial charge >= 0.3 is 5.97 Å². The van der Waals surface area contributed by atoms with Gasteiger partial charge in [0.2, 0.25) is 0 Å². The van der Waals surface area contributed by atoms with Crippen molar-refractivity contribution in [3.63, 3.8) is 0 Å². The summed E-state index contributed by atoms with van der Waals surface area (Å²) in [5, 5.41) is 3.91. The second-order valence-corrected chi connectivity index (χ2v) is 6.43. The van der Waals surface area contributed by atoms with E-state index < -0.39 is 11.9 Å². The molecule has 1 amide bonds. The SMILES string of the molecule is COC(=O)c1ccccc1/C=N\NC(=O)COc1ccccc1Cc1ccccc1. The molecule has 3 rings (SSSR count). The Morgan fingerprint density at radius 3 is 2.43 bits per heavy atom. The molecule has 0 saturated heterocycles. The summed E-state index contributed by atoms with van der Waals surface area (Å²) in [5.41, 5.74) is 5.47. The third-order valence-corrected chi connectivity index (χ3v) is 4.33. The van der Waals surface area contributed by atoms with E-state index in [-0.39, 0.29) is 6.61 Å². The van der Waals surface area contributed by atoms with Crippen LogP contribution in [-0.2, 0) is 16.0 Å². The quantitative estimate of drug-likeness (QED) is 0.355. The van der Waals surface area contributed by atoms with Crippen molar-refractivity contribution in [1.29, 1.82) is 0 Å². The summed E-state index contributed by atoms with van der Waals surface area (Å²) in [6.45, 7) is -0.179. The normalized spacial score (nSPS) is 10.6. The van der Waals surface area contributed by atoms with Gasteiger partial charge < -0.3 is 9.47 Å². The number of ether oxygens (including phenoxy) is 2. The number of rotatable bonds is 8. The third-order valence-electron chi connectivity index (χ3n) is 4.33. The summed E-state index contributed by atoms with van der Waals surface area (Å²) in [4.78, 5) is 23.9. The Morgan fingerprint density at radius 1 is 0.933 bits per heavy atom. The maximum atomic E-state index is 12.1. The van der Waals surface area contributed by atoms with E-state index in [4.69, 9.17) is 9.47 Å². The number of esters is 1. The van der Waals surface area contributed by atoms with Crippen LogP contribution in [0.1, 0.15) is 27.0 Å². The number of carbonyl (C=O) groups excluding carboxylic acids is 2. The number of nitrogens with one attached hydrogen (secondary N) is 1. The molecule has 0 heterocycles. The van der Waals surface area contributed by atoms with Gasteiger partial charge in [-0.3, -0.25) is 4.79 Å². The average Bonchev–Trinajstić information content (AvgIpc) is 2.79. The van der Waals surface area contributed by atoms with Gasteiger partial charge in [0, 0.05) is 12.0 Å². The Kier molecular flexibility index (Phi) is 7.33. The molecule has 6 heteroatoms. The topological polar surface area (TPSA) is 77.0 Å². The minimum atomic E-state index is -0.471. The fraction of sp³-hybridized carbons (Fsp3) is 0.125. The van der Waals surface area contributed by atoms with Crippen LogP contribution in [0.15, 0.2) is 84.0 Å². The maximum absolute atomic E-state index is 12.1. The molecule has 152 valence electrons. The fourth-order valence-corrected chi connectivity index (χ4v) is 2.86. The monoisotopic (exact) mass is 402 g/mol. The lowest BCUT2D eigenvalue weighted by atomic mass is 10.0. The van der Waals surface area contributed by atoms with Crippen LogP contribution in [0.3, 0.4) is 0 Å². The fourth-order valence-electron chi connectivity index (χ4n) is 2.86. The lowest BCUT2D eigenvalue weighted by molar-refractivity contribution is -0.123. The maximum Gasteiger partial charge on any atom is 0.338 e. The van der Waals surface area contributed by atoms with Gasteiger partial charge in [-0.1, -0.05) is 66.7 Å². The zero-order valence-corrected chi connectivity index (χ0v) is 16.6. The highest BCUT2D eigenvalue weighted by atomic mass is 16.5. The van der Waals surface area contributed by atoms with Gasteiger partial charge in [-0.2, -0.15) is 5.10 Å². The van der Waals surface area contributed by atoms with Gasteiger partial charge in [0.1, 0.15) is 5.75 Å². The largest absolute Gasteiger partial charge is 0.483 e. The van der Waals surface area contributed by atoms with Gasteiger partial charge in [0.25, 0.3) is 5.91 Å². The molecule has 0 aliphatic carbocycles. The van der Waals surface area contributed by atoms with Crippen molar-refractivity contribution in [1.82, 2.24) is 5.43 Å². The Morgan fingerprint density at radius 2 is 1.63 bits per heavy atom. The van der Waals surface area contributed by atoms with Crippen LogP contribution in [0.5, 0.6) is 5.75 Å². The Balaban J connectivity index is 1.57. The molecule has 0 saturated carbocycles. The minimum absolute atomic E-state index is 0.179. The molecule has 3 aromatic carbocycles. The smallest absolute Gasteiger partial charge is 0.338 e. The van der Waals surface area contributed by atoms with Crippen LogP contribution >= 0.6 is 0 Å². The van der Waals surface area contributed by atoms with E-state index in [1.165, 1.54) is 13.3 Å². The van der Waals surface area contributed by atoms with Crippen molar-refractivity contribution in [3.05, 3.63) is 101 Å². The second-order valence-electron chi connectivity index (χ2n) is 6.43. The molecule has 0 aliphatic heterocycles. The second kappa shape index (κ2) is 10.6. The van der Waals surface area contributed by atoms with Gasteiger partial charge in [-0.25, -0.2) is 10.2 Å². The summed E-state index contributed by atoms with van der Waals surface area (Å²) >= 11 is 0. The molecule has 0 atom stereocenters. The molecule has 0 aromatic heterocycles. The van der Waals surface area contributed by atoms with Crippen LogP contribution in [0.2, 0.25) is 0 Å². The van der Waals surface area contributed by atoms with E-state index >= 15 is 0 Å². The third kappa shape index (κ3) is 5.78. The van der Waals surface area contributed by atoms with Gasteiger partial charge in [0.15, 0.2) is 6.61 Å². The first-order valence-electron chi connectivity index (χ1n) is 9.41. The van der Waals surface area contributed by atoms with Gasteiger partial charge in [-0.05, 0) is 23.3 Å². The number of nitrogens with zero attached hydrogens (tertiary/aromatic N) is 1. The highest BCUT2D eigenvalue weighted by molar-refractivity contribution is 5.99. The lowest BCUT2D eigenvalue weighted by Crippen LogP contribution is -2.25. The molecule has 0 fully saturated rings. The Bertz CT molecular complexity index is 1030. The number of hydrogen-bond acceptors (Lipinski definition) is 5. The molecule has 0 aliphatic rings. The van der Waals surface area contributed by atoms with Crippen molar-refractivity contribution in [3.8, 4) is 5.75 Å². The van der Waals surface area contributed by atoms with Crippen LogP contribution in [-0.4, -0.2) is 31.8 Å². The first kappa shape index (κ1) is 20.8. The summed E-state index contributed by atoms with van der Waals surface area (Å²) in [7, 11) is 1.31. The molecular weight excluding hydrogens is 380 g/mol. The van der Waals surface area contributed by atoms with E-state index in [2.05, 4.69) is 10.5 Å². The van der Waals surface area contributed by atoms with Crippen molar-refractivity contribution >= 4 is 18.1 Å². The van der Waals surface area contributed by atoms with Gasteiger partial charge in [0.05, 0.1) is 18.9 Å². The number of methoxy groups -OCH3 is 1. The van der Waals surface area contributed by atoms with Crippen LogP contribution in [0, 0.1) is 0 Å². The Labute approximate surface area is 175 Å². The number of amides is 1. The molecule has 0 spiro atoms. The zero-order chi connectivity index (χ0) is 21.2. The van der Waals surface area contributed by atoms with Crippen molar-refractivity contribution < 1.29 is 19.1 Å². The highest BCUT2D eigenvalue weighted by Crippen LogP contribution is 2.21. The molecular formula is C24H22N2O4. The van der Waals surface area contributed by atoms with E-state index in [0.29, 0.717) is 23.3 Å². The summed E-state index contributed by atoms with van der Waals surface area (Å²) in [6, 6.07) is 24.5. The van der Waals surface area contributed by atoms with Crippen LogP contribution in [0.25, 0.3) is 0 Å². The van der Waals surface area contributed by atoms with Gasteiger partial charge in [-0.15, -0.1) is 0 Å². The highest BCUT2D eigenvalue weighted by Gasteiger charge is 2.10. The number of carbonyl (C=O) groups is 2. The minimum Gasteiger partial charge on any atom is -0.483 e. The summed E-state index contributed by atoms with van der Waals surface area (Å²) < 4.78 is 10.4. The number of benzene rings is 3. The lowest BCUT2D eigenvalue weighted by Gasteiger charge is -2.11. The predicted octanol–water partition coefficient (Wildman–Crippen LogP) is 3.59. The summed E-state index contributed by atoms with van der Waals surface area (Å²) in [5.74, 6) is -0.227. The van der Waals surface area contributed by atoms with E-state index in [1.807, 2.05) is 54.6 Å². The standard InChI is InChI=1S/C24H22N2O4/c1-29-24(28)21-13-7-5-12-20(21)16-25-26-23(27)17-30-22-14-8-6-11-19(22)15-18-9-3-2-4-10-18/h2-14,16H,15,17H2,1H3,(H,26,27)/b25-16-. The first-order chi connectivity index (χ1) is 14.7. The molecule has 30 heavy (non-hydrogen) atoms. The molecule has 0 unspecified atom stereocenters. The van der Waals surface area contributed by atoms with Crippen LogP contribution < -0.4 is 10.2 Å². The van der Waals surface area contributed by atoms with E-state index in [1.54, 1.807) is 24.3 Å². The number of hydrazone groups is 1. The van der Waals surface area contributed by atoms with E-state index in [0.717, 1.165) is 11.1 Å². The molecule has 0 radical (unpaired) electrons. The van der Waals surface area contributed by atoms with Crippen molar-refractivity contribution in [2.45, 2.75) is 6.42 Å². The van der Waals surface area contributed by atoms with E-state index in [9.17, 15) is 9.59 Å². The predicted molar refractivity (Wildman–Crippen MR) is 115 cm³/mol. The number of para-hydroxylation sites is 1. The number of hydrogen-bond donors (Lipinski definition) is 1. The Hall–Kier alpha value is -3.93. The molecule has 6 nitrogen and oxygen atoms in total. The molecule has 1 N–H and O–H groups in total. The molecule has 0 bridgehead atoms. The van der Waals surface area contributed by atoms with Crippen LogP contribution in [0.4, 0.5) is 0 Å². The van der Waals surface area contributed by atoms with Crippen molar-refractivity contribution in [2.75, 3.05) is 13.7 Å². The zero-order valence-electron chi connectivity index (χ0n) is 16.6.